The number of nitrogens with zero attached hydrogens (tertiary/aromatic N) is 2. The number of hydrogen-bond acceptors (Lipinski definition) is 4. The molecule has 0 spiro atoms. The summed E-state index contributed by atoms with van der Waals surface area (Å²) in [6.07, 6.45) is 4.44. The van der Waals surface area contributed by atoms with Crippen LogP contribution in [0.15, 0.2) is 36.8 Å². The average Bonchev–Trinajstić information content (AvgIpc) is 2.95. The molecule has 0 bridgehead atoms. The van der Waals surface area contributed by atoms with Crippen LogP contribution in [0.4, 0.5) is 0 Å². The monoisotopic (exact) mass is 314 g/mol. The second-order valence-electron chi connectivity index (χ2n) is 6.22. The largest absolute Gasteiger partial charge is 0.453 e. The summed E-state index contributed by atoms with van der Waals surface area (Å²) in [5, 5.41) is 0. The highest BCUT2D eigenvalue weighted by molar-refractivity contribution is 5.93. The standard InChI is InChI=1S/C18H22N2O3/c1-4-22-10-9-13-11-19-12-20(13)16-14-7-5-6-8-15(14)17(21)23-18(16,2)3/h5-8,11-12,16H,4,9-10H2,1-3H3/t16-/m0/s1. The van der Waals surface area contributed by atoms with Crippen LogP contribution in [0.3, 0.4) is 0 Å². The van der Waals surface area contributed by atoms with Crippen LogP contribution in [0.2, 0.25) is 0 Å². The number of ether oxygens (including phenoxy) is 2. The van der Waals surface area contributed by atoms with Crippen molar-refractivity contribution in [3.05, 3.63) is 53.6 Å². The van der Waals surface area contributed by atoms with Crippen LogP contribution >= 0.6 is 0 Å². The minimum atomic E-state index is -0.646. The average molecular weight is 314 g/mol. The van der Waals surface area contributed by atoms with Gasteiger partial charge in [0.25, 0.3) is 0 Å². The zero-order valence-corrected chi connectivity index (χ0v) is 13.8. The summed E-state index contributed by atoms with van der Waals surface area (Å²) < 4.78 is 13.3. The first kappa shape index (κ1) is 15.7. The van der Waals surface area contributed by atoms with Crippen LogP contribution in [0.1, 0.15) is 48.4 Å². The molecule has 0 unspecified atom stereocenters. The molecule has 0 amide bonds. The summed E-state index contributed by atoms with van der Waals surface area (Å²) in [6, 6.07) is 7.53. The molecule has 1 aromatic carbocycles. The van der Waals surface area contributed by atoms with Gasteiger partial charge in [0.15, 0.2) is 0 Å². The van der Waals surface area contributed by atoms with Gasteiger partial charge in [-0.05, 0) is 32.4 Å². The summed E-state index contributed by atoms with van der Waals surface area (Å²) in [5.41, 5.74) is 2.03. The van der Waals surface area contributed by atoms with Crippen molar-refractivity contribution in [2.24, 2.45) is 0 Å². The highest BCUT2D eigenvalue weighted by Gasteiger charge is 2.43. The third kappa shape index (κ3) is 2.88. The van der Waals surface area contributed by atoms with Gasteiger partial charge < -0.3 is 14.0 Å². The van der Waals surface area contributed by atoms with Gasteiger partial charge in [0.05, 0.1) is 24.5 Å². The van der Waals surface area contributed by atoms with Gasteiger partial charge in [-0.3, -0.25) is 0 Å². The third-order valence-corrected chi connectivity index (χ3v) is 4.22. The number of hydrogen-bond donors (Lipinski definition) is 0. The molecule has 0 saturated carbocycles. The molecule has 5 nitrogen and oxygen atoms in total. The van der Waals surface area contributed by atoms with Crippen molar-refractivity contribution in [2.45, 2.75) is 38.8 Å². The number of carbonyl (C=O) groups is 1. The molecule has 1 atom stereocenters. The predicted octanol–water partition coefficient (Wildman–Crippen LogP) is 3.00. The number of benzene rings is 1. The second-order valence-corrected chi connectivity index (χ2v) is 6.22. The summed E-state index contributed by atoms with van der Waals surface area (Å²) in [5.74, 6) is -0.266. The summed E-state index contributed by atoms with van der Waals surface area (Å²) in [4.78, 5) is 16.5. The maximum Gasteiger partial charge on any atom is 0.339 e. The molecule has 1 aliphatic heterocycles. The molecule has 2 aromatic rings. The number of esters is 1. The molecule has 0 N–H and O–H groups in total. The lowest BCUT2D eigenvalue weighted by atomic mass is 9.85. The molecule has 122 valence electrons. The van der Waals surface area contributed by atoms with E-state index in [0.29, 0.717) is 18.8 Å². The van der Waals surface area contributed by atoms with E-state index in [-0.39, 0.29) is 12.0 Å². The van der Waals surface area contributed by atoms with Gasteiger partial charge in [0.2, 0.25) is 0 Å². The van der Waals surface area contributed by atoms with E-state index in [1.54, 1.807) is 0 Å². The van der Waals surface area contributed by atoms with Gasteiger partial charge in [-0.25, -0.2) is 9.78 Å². The summed E-state index contributed by atoms with van der Waals surface area (Å²) >= 11 is 0. The highest BCUT2D eigenvalue weighted by atomic mass is 16.6. The zero-order chi connectivity index (χ0) is 16.4. The quantitative estimate of drug-likeness (QED) is 0.629. The molecule has 1 aliphatic rings. The van der Waals surface area contributed by atoms with Gasteiger partial charge in [-0.2, -0.15) is 0 Å². The summed E-state index contributed by atoms with van der Waals surface area (Å²) in [6.45, 7) is 7.22. The lowest BCUT2D eigenvalue weighted by Crippen LogP contribution is -2.44. The molecule has 1 aromatic heterocycles. The highest BCUT2D eigenvalue weighted by Crippen LogP contribution is 2.40. The number of rotatable bonds is 5. The molecular weight excluding hydrogens is 292 g/mol. The fourth-order valence-corrected chi connectivity index (χ4v) is 3.21. The van der Waals surface area contributed by atoms with E-state index in [0.717, 1.165) is 17.7 Å². The first-order valence-corrected chi connectivity index (χ1v) is 7.95. The van der Waals surface area contributed by atoms with E-state index in [1.165, 1.54) is 0 Å². The van der Waals surface area contributed by atoms with Crippen molar-refractivity contribution in [2.75, 3.05) is 13.2 Å². The number of aromatic nitrogens is 2. The first-order valence-electron chi connectivity index (χ1n) is 7.95. The maximum absolute atomic E-state index is 12.2. The minimum Gasteiger partial charge on any atom is -0.453 e. The van der Waals surface area contributed by atoms with Gasteiger partial charge in [-0.1, -0.05) is 18.2 Å². The van der Waals surface area contributed by atoms with Crippen LogP contribution in [-0.2, 0) is 15.9 Å². The van der Waals surface area contributed by atoms with Crippen molar-refractivity contribution >= 4 is 5.97 Å². The number of carbonyl (C=O) groups excluding carboxylic acids is 1. The Hall–Kier alpha value is -2.14. The molecule has 5 heteroatoms. The SMILES string of the molecule is CCOCCc1cncn1[C@H]1c2ccccc2C(=O)OC1(C)C. The first-order chi connectivity index (χ1) is 11.0. The minimum absolute atomic E-state index is 0.101. The Labute approximate surface area is 136 Å². The number of imidazole rings is 1. The Morgan fingerprint density at radius 1 is 1.35 bits per heavy atom. The predicted molar refractivity (Wildman–Crippen MR) is 86.5 cm³/mol. The van der Waals surface area contributed by atoms with E-state index in [1.807, 2.05) is 57.6 Å². The maximum atomic E-state index is 12.2. The van der Waals surface area contributed by atoms with Crippen molar-refractivity contribution in [3.8, 4) is 0 Å². The normalized spacial score (nSPS) is 19.3. The van der Waals surface area contributed by atoms with Gasteiger partial charge in [0.1, 0.15) is 5.60 Å². The van der Waals surface area contributed by atoms with Crippen LogP contribution in [-0.4, -0.2) is 34.3 Å². The Balaban J connectivity index is 2.03. The Bertz CT molecular complexity index is 706. The Kier molecular flexibility index (Phi) is 4.22. The lowest BCUT2D eigenvalue weighted by Gasteiger charge is -2.40. The lowest BCUT2D eigenvalue weighted by molar-refractivity contribution is -0.0266. The fourth-order valence-electron chi connectivity index (χ4n) is 3.21. The fraction of sp³-hybridized carbons (Fsp3) is 0.444. The molecule has 23 heavy (non-hydrogen) atoms. The molecule has 0 aliphatic carbocycles. The third-order valence-electron chi connectivity index (χ3n) is 4.22. The van der Waals surface area contributed by atoms with E-state index >= 15 is 0 Å². The van der Waals surface area contributed by atoms with Crippen molar-refractivity contribution in [3.63, 3.8) is 0 Å². The van der Waals surface area contributed by atoms with E-state index in [9.17, 15) is 4.79 Å². The van der Waals surface area contributed by atoms with Crippen LogP contribution < -0.4 is 0 Å². The van der Waals surface area contributed by atoms with Gasteiger partial charge in [0, 0.05) is 24.9 Å². The molecule has 0 radical (unpaired) electrons. The summed E-state index contributed by atoms with van der Waals surface area (Å²) in [7, 11) is 0. The van der Waals surface area contributed by atoms with Crippen LogP contribution in [0, 0.1) is 0 Å². The van der Waals surface area contributed by atoms with Crippen LogP contribution in [0.25, 0.3) is 0 Å². The topological polar surface area (TPSA) is 53.4 Å². The van der Waals surface area contributed by atoms with E-state index in [2.05, 4.69) is 9.55 Å². The molecular formula is C18H22N2O3. The molecule has 3 rings (SSSR count). The Morgan fingerprint density at radius 3 is 2.91 bits per heavy atom. The number of fused-ring (bicyclic) bond motifs is 1. The van der Waals surface area contributed by atoms with E-state index < -0.39 is 5.60 Å². The van der Waals surface area contributed by atoms with Crippen molar-refractivity contribution in [1.82, 2.24) is 9.55 Å². The number of cyclic esters (lactones) is 1. The molecule has 2 heterocycles. The van der Waals surface area contributed by atoms with Crippen molar-refractivity contribution < 1.29 is 14.3 Å². The van der Waals surface area contributed by atoms with Crippen molar-refractivity contribution in [1.29, 1.82) is 0 Å². The second kappa shape index (κ2) is 6.16. The smallest absolute Gasteiger partial charge is 0.339 e. The van der Waals surface area contributed by atoms with Crippen LogP contribution in [0.5, 0.6) is 0 Å². The van der Waals surface area contributed by atoms with E-state index in [4.69, 9.17) is 9.47 Å². The molecule has 0 saturated heterocycles. The molecule has 0 fully saturated rings. The van der Waals surface area contributed by atoms with Gasteiger partial charge in [-0.15, -0.1) is 0 Å². The van der Waals surface area contributed by atoms with Gasteiger partial charge >= 0.3 is 5.97 Å². The zero-order valence-electron chi connectivity index (χ0n) is 13.8. The Morgan fingerprint density at radius 2 is 2.13 bits per heavy atom.